The van der Waals surface area contributed by atoms with Crippen LogP contribution in [0.3, 0.4) is 0 Å². The van der Waals surface area contributed by atoms with Crippen molar-refractivity contribution >= 4 is 21.8 Å². The van der Waals surface area contributed by atoms with Crippen LogP contribution < -0.4 is 5.14 Å². The van der Waals surface area contributed by atoms with Gasteiger partial charge in [0.15, 0.2) is 0 Å². The van der Waals surface area contributed by atoms with Gasteiger partial charge in [0.05, 0.1) is 0 Å². The number of benzene rings is 1. The molecule has 1 aromatic heterocycles. The van der Waals surface area contributed by atoms with Crippen molar-refractivity contribution in [2.24, 2.45) is 5.14 Å². The molecule has 0 fully saturated rings. The summed E-state index contributed by atoms with van der Waals surface area (Å²) in [7, 11) is -3.66. The van der Waals surface area contributed by atoms with Gasteiger partial charge in [-0.3, -0.25) is 0 Å². The summed E-state index contributed by atoms with van der Waals surface area (Å²) in [4.78, 5) is 5.11. The monoisotopic (exact) mass is 266 g/mol. The Morgan fingerprint density at radius 1 is 1.06 bits per heavy atom. The van der Waals surface area contributed by atoms with Crippen LogP contribution in [0.5, 0.6) is 0 Å². The van der Waals surface area contributed by atoms with E-state index in [9.17, 15) is 8.42 Å². The van der Waals surface area contributed by atoms with Crippen LogP contribution in [-0.2, 0) is 10.0 Å². The standard InChI is InChI=1S/C11H10N2O2S2/c12-17(14,15)10-6-7-11(13-8-10)16-9-4-2-1-3-5-9/h1-8H,(H2,12,14,15). The molecule has 1 aromatic carbocycles. The smallest absolute Gasteiger partial charge is 0.239 e. The van der Waals surface area contributed by atoms with Crippen molar-refractivity contribution in [3.63, 3.8) is 0 Å². The molecule has 88 valence electrons. The Labute approximate surface area is 104 Å². The lowest BCUT2D eigenvalue weighted by molar-refractivity contribution is 0.597. The molecule has 4 nitrogen and oxygen atoms in total. The first kappa shape index (κ1) is 12.1. The number of aromatic nitrogens is 1. The Bertz CT molecular complexity index is 595. The second-order valence-corrected chi connectivity index (χ2v) is 5.95. The van der Waals surface area contributed by atoms with Crippen LogP contribution in [0.25, 0.3) is 0 Å². The molecule has 0 atom stereocenters. The van der Waals surface area contributed by atoms with Crippen LogP contribution in [0.2, 0.25) is 0 Å². The lowest BCUT2D eigenvalue weighted by Crippen LogP contribution is -2.12. The van der Waals surface area contributed by atoms with E-state index in [4.69, 9.17) is 5.14 Å². The van der Waals surface area contributed by atoms with Gasteiger partial charge in [-0.05, 0) is 24.3 Å². The van der Waals surface area contributed by atoms with E-state index in [0.29, 0.717) is 0 Å². The summed E-state index contributed by atoms with van der Waals surface area (Å²) in [5.41, 5.74) is 0. The van der Waals surface area contributed by atoms with Crippen LogP contribution in [0.15, 0.2) is 63.5 Å². The molecular weight excluding hydrogens is 256 g/mol. The van der Waals surface area contributed by atoms with E-state index in [2.05, 4.69) is 4.98 Å². The van der Waals surface area contributed by atoms with Crippen LogP contribution in [0, 0.1) is 0 Å². The van der Waals surface area contributed by atoms with Crippen molar-refractivity contribution in [1.29, 1.82) is 0 Å². The predicted molar refractivity (Wildman–Crippen MR) is 66.2 cm³/mol. The quantitative estimate of drug-likeness (QED) is 0.920. The highest BCUT2D eigenvalue weighted by Crippen LogP contribution is 2.25. The molecular formula is C11H10N2O2S2. The third-order valence-corrected chi connectivity index (χ3v) is 3.86. The summed E-state index contributed by atoms with van der Waals surface area (Å²) >= 11 is 1.46. The maximum Gasteiger partial charge on any atom is 0.239 e. The van der Waals surface area contributed by atoms with E-state index in [-0.39, 0.29) is 4.90 Å². The number of hydrogen-bond acceptors (Lipinski definition) is 4. The molecule has 0 unspecified atom stereocenters. The van der Waals surface area contributed by atoms with Gasteiger partial charge in [-0.25, -0.2) is 18.5 Å². The molecule has 0 amide bonds. The molecule has 2 N–H and O–H groups in total. The van der Waals surface area contributed by atoms with Gasteiger partial charge in [0.25, 0.3) is 0 Å². The molecule has 0 saturated carbocycles. The van der Waals surface area contributed by atoms with Crippen molar-refractivity contribution in [3.05, 3.63) is 48.7 Å². The minimum absolute atomic E-state index is 0.0231. The maximum absolute atomic E-state index is 11.0. The topological polar surface area (TPSA) is 73.1 Å². The molecule has 1 heterocycles. The van der Waals surface area contributed by atoms with Gasteiger partial charge in [-0.1, -0.05) is 30.0 Å². The molecule has 0 bridgehead atoms. The molecule has 2 aromatic rings. The zero-order valence-electron chi connectivity index (χ0n) is 8.78. The van der Waals surface area contributed by atoms with Crippen molar-refractivity contribution in [1.82, 2.24) is 4.98 Å². The number of nitrogens with two attached hydrogens (primary N) is 1. The summed E-state index contributed by atoms with van der Waals surface area (Å²) in [5, 5.41) is 5.71. The fourth-order valence-corrected chi connectivity index (χ4v) is 2.44. The molecule has 2 rings (SSSR count). The van der Waals surface area contributed by atoms with E-state index in [1.807, 2.05) is 30.3 Å². The predicted octanol–water partition coefficient (Wildman–Crippen LogP) is 1.88. The Morgan fingerprint density at radius 2 is 1.76 bits per heavy atom. The fraction of sp³-hybridized carbons (Fsp3) is 0. The normalized spacial score (nSPS) is 11.4. The summed E-state index contributed by atoms with van der Waals surface area (Å²) in [5.74, 6) is 0. The zero-order valence-corrected chi connectivity index (χ0v) is 10.4. The summed E-state index contributed by atoms with van der Waals surface area (Å²) < 4.78 is 22.1. The first-order valence-corrected chi connectivity index (χ1v) is 7.14. The number of pyridine rings is 1. The number of rotatable bonds is 3. The lowest BCUT2D eigenvalue weighted by atomic mass is 10.4. The van der Waals surface area contributed by atoms with Crippen LogP contribution >= 0.6 is 11.8 Å². The molecule has 0 aliphatic heterocycles. The summed E-state index contributed by atoms with van der Waals surface area (Å²) in [6.45, 7) is 0. The van der Waals surface area contributed by atoms with Gasteiger partial charge >= 0.3 is 0 Å². The Kier molecular flexibility index (Phi) is 3.46. The second kappa shape index (κ2) is 4.87. The molecule has 0 spiro atoms. The number of nitrogens with zero attached hydrogens (tertiary/aromatic N) is 1. The van der Waals surface area contributed by atoms with Crippen LogP contribution in [-0.4, -0.2) is 13.4 Å². The van der Waals surface area contributed by atoms with Gasteiger partial charge < -0.3 is 0 Å². The first-order chi connectivity index (χ1) is 8.05. The summed E-state index contributed by atoms with van der Waals surface area (Å²) in [6, 6.07) is 12.8. The molecule has 0 aliphatic carbocycles. The van der Waals surface area contributed by atoms with Crippen molar-refractivity contribution in [2.75, 3.05) is 0 Å². The van der Waals surface area contributed by atoms with Crippen molar-refractivity contribution < 1.29 is 8.42 Å². The first-order valence-electron chi connectivity index (χ1n) is 4.77. The SMILES string of the molecule is NS(=O)(=O)c1ccc(Sc2ccccc2)nc1. The van der Waals surface area contributed by atoms with Gasteiger partial charge in [0.1, 0.15) is 9.92 Å². The van der Waals surface area contributed by atoms with E-state index >= 15 is 0 Å². The van der Waals surface area contributed by atoms with E-state index in [1.54, 1.807) is 6.07 Å². The van der Waals surface area contributed by atoms with Gasteiger partial charge in [0, 0.05) is 11.1 Å². The summed E-state index contributed by atoms with van der Waals surface area (Å²) in [6.07, 6.45) is 1.26. The van der Waals surface area contributed by atoms with E-state index < -0.39 is 10.0 Å². The van der Waals surface area contributed by atoms with E-state index in [0.717, 1.165) is 9.92 Å². The maximum atomic E-state index is 11.0. The van der Waals surface area contributed by atoms with Crippen LogP contribution in [0.4, 0.5) is 0 Å². The zero-order chi connectivity index (χ0) is 12.3. The highest BCUT2D eigenvalue weighted by atomic mass is 32.2. The average molecular weight is 266 g/mol. The van der Waals surface area contributed by atoms with Crippen LogP contribution in [0.1, 0.15) is 0 Å². The highest BCUT2D eigenvalue weighted by molar-refractivity contribution is 7.99. The minimum Gasteiger partial charge on any atom is -0.248 e. The molecule has 0 aliphatic rings. The highest BCUT2D eigenvalue weighted by Gasteiger charge is 2.07. The molecule has 6 heteroatoms. The van der Waals surface area contributed by atoms with Gasteiger partial charge in [-0.2, -0.15) is 0 Å². The molecule has 17 heavy (non-hydrogen) atoms. The fourth-order valence-electron chi connectivity index (χ4n) is 1.20. The third kappa shape index (κ3) is 3.29. The second-order valence-electron chi connectivity index (χ2n) is 3.29. The average Bonchev–Trinajstić information content (AvgIpc) is 2.30. The lowest BCUT2D eigenvalue weighted by Gasteiger charge is -2.01. The van der Waals surface area contributed by atoms with Crippen molar-refractivity contribution in [3.8, 4) is 0 Å². The number of primary sulfonamides is 1. The molecule has 0 saturated heterocycles. The Balaban J connectivity index is 2.20. The number of hydrogen-bond donors (Lipinski definition) is 1. The van der Waals surface area contributed by atoms with E-state index in [1.165, 1.54) is 24.0 Å². The number of sulfonamides is 1. The minimum atomic E-state index is -3.66. The Morgan fingerprint density at radius 3 is 2.29 bits per heavy atom. The largest absolute Gasteiger partial charge is 0.248 e. The van der Waals surface area contributed by atoms with Gasteiger partial charge in [0.2, 0.25) is 10.0 Å². The molecule has 0 radical (unpaired) electrons. The van der Waals surface area contributed by atoms with Crippen molar-refractivity contribution in [2.45, 2.75) is 14.8 Å². The van der Waals surface area contributed by atoms with Gasteiger partial charge in [-0.15, -0.1) is 0 Å². The Hall–Kier alpha value is -1.37. The third-order valence-electron chi connectivity index (χ3n) is 2.00.